The molecule has 1 fully saturated rings. The Hall–Kier alpha value is -3.43. The van der Waals surface area contributed by atoms with Gasteiger partial charge in [0.25, 0.3) is 5.56 Å². The molecule has 2 aromatic heterocycles. The van der Waals surface area contributed by atoms with Gasteiger partial charge >= 0.3 is 5.69 Å². The standard InChI is InChI=1S/C24H24ClFN6O2/c1-29-21-20(22(33)28-24(29)34)32(15-17-2-6-18(25)7-3-17)23(27-21)31-12-10-30(11-13-31)14-16-4-8-19(26)9-5-16/h2-9H,10-15H2,1H3,(H,28,33,34). The number of halogens is 2. The number of hydrogen-bond donors (Lipinski definition) is 1. The number of anilines is 1. The normalized spacial score (nSPS) is 14.7. The molecule has 1 saturated heterocycles. The quantitative estimate of drug-likeness (QED) is 0.473. The fourth-order valence-corrected chi connectivity index (χ4v) is 4.47. The number of benzene rings is 2. The Morgan fingerprint density at radius 3 is 2.24 bits per heavy atom. The van der Waals surface area contributed by atoms with E-state index in [-0.39, 0.29) is 5.82 Å². The highest BCUT2D eigenvalue weighted by Gasteiger charge is 2.25. The third-order valence-electron chi connectivity index (χ3n) is 6.22. The molecule has 0 spiro atoms. The monoisotopic (exact) mass is 482 g/mol. The van der Waals surface area contributed by atoms with Crippen molar-refractivity contribution in [3.8, 4) is 0 Å². The van der Waals surface area contributed by atoms with Crippen molar-refractivity contribution in [1.29, 1.82) is 0 Å². The number of piperazine rings is 1. The van der Waals surface area contributed by atoms with Crippen LogP contribution in [0.3, 0.4) is 0 Å². The highest BCUT2D eigenvalue weighted by atomic mass is 35.5. The second-order valence-corrected chi connectivity index (χ2v) is 8.94. The Kier molecular flexibility index (Phi) is 5.97. The molecule has 10 heteroatoms. The highest BCUT2D eigenvalue weighted by molar-refractivity contribution is 6.30. The number of aryl methyl sites for hydroxylation is 1. The molecular weight excluding hydrogens is 459 g/mol. The number of imidazole rings is 1. The Morgan fingerprint density at radius 2 is 1.56 bits per heavy atom. The van der Waals surface area contributed by atoms with Gasteiger partial charge in [-0.1, -0.05) is 35.9 Å². The number of hydrogen-bond acceptors (Lipinski definition) is 5. The number of fused-ring (bicyclic) bond motifs is 1. The maximum absolute atomic E-state index is 13.2. The average Bonchev–Trinajstić information content (AvgIpc) is 3.21. The molecule has 34 heavy (non-hydrogen) atoms. The number of aromatic nitrogens is 4. The molecule has 4 aromatic rings. The third-order valence-corrected chi connectivity index (χ3v) is 6.47. The first-order valence-corrected chi connectivity index (χ1v) is 11.4. The SMILES string of the molecule is Cn1c(=O)[nH]c(=O)c2c1nc(N1CCN(Cc3ccc(F)cc3)CC1)n2Cc1ccc(Cl)cc1. The summed E-state index contributed by atoms with van der Waals surface area (Å²) in [5.41, 5.74) is 1.79. The topological polar surface area (TPSA) is 79.2 Å². The summed E-state index contributed by atoms with van der Waals surface area (Å²) in [6.07, 6.45) is 0. The van der Waals surface area contributed by atoms with E-state index in [1.807, 2.05) is 28.8 Å². The van der Waals surface area contributed by atoms with Crippen LogP contribution in [-0.2, 0) is 20.1 Å². The van der Waals surface area contributed by atoms with Gasteiger partial charge in [0.15, 0.2) is 11.2 Å². The molecule has 0 bridgehead atoms. The van der Waals surface area contributed by atoms with E-state index in [0.29, 0.717) is 41.8 Å². The first kappa shape index (κ1) is 22.4. The molecule has 0 aliphatic carbocycles. The Bertz CT molecular complexity index is 1430. The molecule has 0 amide bonds. The predicted octanol–water partition coefficient (Wildman–Crippen LogP) is 2.59. The van der Waals surface area contributed by atoms with E-state index < -0.39 is 11.2 Å². The molecule has 0 unspecified atom stereocenters. The van der Waals surface area contributed by atoms with E-state index in [2.05, 4.69) is 14.8 Å². The lowest BCUT2D eigenvalue weighted by atomic mass is 10.2. The van der Waals surface area contributed by atoms with Crippen LogP contribution in [0, 0.1) is 5.82 Å². The minimum atomic E-state index is -0.496. The van der Waals surface area contributed by atoms with Crippen molar-refractivity contribution in [1.82, 2.24) is 24.0 Å². The molecule has 1 N–H and O–H groups in total. The van der Waals surface area contributed by atoms with Crippen molar-refractivity contribution in [2.75, 3.05) is 31.1 Å². The molecule has 1 aliphatic heterocycles. The van der Waals surface area contributed by atoms with Gasteiger partial charge < -0.3 is 4.90 Å². The van der Waals surface area contributed by atoms with Crippen molar-refractivity contribution in [2.24, 2.45) is 7.05 Å². The van der Waals surface area contributed by atoms with E-state index in [1.54, 1.807) is 19.2 Å². The maximum Gasteiger partial charge on any atom is 0.329 e. The maximum atomic E-state index is 13.2. The number of nitrogens with zero attached hydrogens (tertiary/aromatic N) is 5. The molecule has 3 heterocycles. The van der Waals surface area contributed by atoms with Gasteiger partial charge in [-0.3, -0.25) is 23.8 Å². The van der Waals surface area contributed by atoms with Crippen LogP contribution in [-0.4, -0.2) is 50.2 Å². The van der Waals surface area contributed by atoms with Crippen molar-refractivity contribution >= 4 is 28.7 Å². The van der Waals surface area contributed by atoms with Crippen LogP contribution in [0.4, 0.5) is 10.3 Å². The molecular formula is C24H24ClFN6O2. The summed E-state index contributed by atoms with van der Waals surface area (Å²) in [6.45, 7) is 4.14. The van der Waals surface area contributed by atoms with E-state index >= 15 is 0 Å². The van der Waals surface area contributed by atoms with Crippen LogP contribution in [0.15, 0.2) is 58.1 Å². The third kappa shape index (κ3) is 4.36. The second-order valence-electron chi connectivity index (χ2n) is 8.50. The molecule has 0 radical (unpaired) electrons. The lowest BCUT2D eigenvalue weighted by Crippen LogP contribution is -2.46. The number of rotatable bonds is 5. The van der Waals surface area contributed by atoms with Gasteiger partial charge in [-0.15, -0.1) is 0 Å². The van der Waals surface area contributed by atoms with Crippen molar-refractivity contribution < 1.29 is 4.39 Å². The largest absolute Gasteiger partial charge is 0.340 e. The number of aromatic amines is 1. The van der Waals surface area contributed by atoms with Gasteiger partial charge in [-0.05, 0) is 35.4 Å². The Balaban J connectivity index is 1.45. The molecule has 1 aliphatic rings. The summed E-state index contributed by atoms with van der Waals surface area (Å²) in [4.78, 5) is 36.5. The minimum absolute atomic E-state index is 0.238. The first-order valence-electron chi connectivity index (χ1n) is 11.0. The van der Waals surface area contributed by atoms with Gasteiger partial charge in [-0.25, -0.2) is 9.18 Å². The molecule has 176 valence electrons. The van der Waals surface area contributed by atoms with Crippen molar-refractivity contribution in [2.45, 2.75) is 13.1 Å². The van der Waals surface area contributed by atoms with Crippen LogP contribution in [0.1, 0.15) is 11.1 Å². The zero-order valence-electron chi connectivity index (χ0n) is 18.7. The fourth-order valence-electron chi connectivity index (χ4n) is 4.34. The van der Waals surface area contributed by atoms with E-state index in [9.17, 15) is 14.0 Å². The molecule has 8 nitrogen and oxygen atoms in total. The summed E-state index contributed by atoms with van der Waals surface area (Å²) in [5.74, 6) is 0.413. The lowest BCUT2D eigenvalue weighted by Gasteiger charge is -2.35. The van der Waals surface area contributed by atoms with Gasteiger partial charge in [0.2, 0.25) is 5.95 Å². The van der Waals surface area contributed by atoms with Gasteiger partial charge in [0, 0.05) is 44.8 Å². The zero-order chi connectivity index (χ0) is 23.8. The molecule has 5 rings (SSSR count). The Morgan fingerprint density at radius 1 is 0.941 bits per heavy atom. The van der Waals surface area contributed by atoms with Crippen LogP contribution in [0.5, 0.6) is 0 Å². The minimum Gasteiger partial charge on any atom is -0.340 e. The number of H-pyrrole nitrogens is 1. The van der Waals surface area contributed by atoms with Crippen molar-refractivity contribution in [3.63, 3.8) is 0 Å². The van der Waals surface area contributed by atoms with Crippen LogP contribution >= 0.6 is 11.6 Å². The summed E-state index contributed by atoms with van der Waals surface area (Å²) in [5, 5.41) is 0.636. The van der Waals surface area contributed by atoms with Gasteiger partial charge in [-0.2, -0.15) is 4.98 Å². The fraction of sp³-hybridized carbons (Fsp3) is 0.292. The first-order chi connectivity index (χ1) is 16.4. The number of nitrogens with one attached hydrogen (secondary N) is 1. The smallest absolute Gasteiger partial charge is 0.329 e. The molecule has 2 aromatic carbocycles. The summed E-state index contributed by atoms with van der Waals surface area (Å²) in [7, 11) is 1.60. The van der Waals surface area contributed by atoms with Crippen LogP contribution in [0.25, 0.3) is 11.2 Å². The van der Waals surface area contributed by atoms with Gasteiger partial charge in [0.1, 0.15) is 5.82 Å². The van der Waals surface area contributed by atoms with Crippen molar-refractivity contribution in [3.05, 3.63) is 91.3 Å². The molecule has 0 atom stereocenters. The Labute approximate surface area is 199 Å². The summed E-state index contributed by atoms with van der Waals surface area (Å²) < 4.78 is 16.4. The van der Waals surface area contributed by atoms with E-state index in [4.69, 9.17) is 16.6 Å². The average molecular weight is 483 g/mol. The zero-order valence-corrected chi connectivity index (χ0v) is 19.4. The highest BCUT2D eigenvalue weighted by Crippen LogP contribution is 2.23. The van der Waals surface area contributed by atoms with E-state index in [0.717, 1.165) is 30.8 Å². The van der Waals surface area contributed by atoms with Crippen LogP contribution < -0.4 is 16.1 Å². The molecule has 0 saturated carbocycles. The summed E-state index contributed by atoms with van der Waals surface area (Å²) in [6, 6.07) is 14.0. The van der Waals surface area contributed by atoms with E-state index in [1.165, 1.54) is 16.7 Å². The predicted molar refractivity (Wildman–Crippen MR) is 130 cm³/mol. The lowest BCUT2D eigenvalue weighted by molar-refractivity contribution is 0.248. The second kappa shape index (κ2) is 9.08. The summed E-state index contributed by atoms with van der Waals surface area (Å²) >= 11 is 6.04. The van der Waals surface area contributed by atoms with Crippen LogP contribution in [0.2, 0.25) is 5.02 Å². The van der Waals surface area contributed by atoms with Gasteiger partial charge in [0.05, 0.1) is 6.54 Å².